The van der Waals surface area contributed by atoms with E-state index in [1.165, 1.54) is 13.8 Å². The molecule has 0 saturated heterocycles. The number of urea groups is 1. The number of carbonyl (C=O) groups excluding carboxylic acids is 2. The summed E-state index contributed by atoms with van der Waals surface area (Å²) in [6.07, 6.45) is -2.55. The molecule has 0 aromatic carbocycles. The Labute approximate surface area is 152 Å². The highest BCUT2D eigenvalue weighted by atomic mass is 32.1. The van der Waals surface area contributed by atoms with Crippen molar-refractivity contribution < 1.29 is 29.7 Å². The number of hydrogen-bond acceptors (Lipinski definition) is 9. The van der Waals surface area contributed by atoms with E-state index in [1.807, 2.05) is 0 Å². The fraction of sp³-hybridized carbons (Fsp3) is 0.615. The van der Waals surface area contributed by atoms with Crippen LogP contribution in [0.25, 0.3) is 0 Å². The van der Waals surface area contributed by atoms with Crippen LogP contribution in [0.4, 0.5) is 4.79 Å². The second-order valence-corrected chi connectivity index (χ2v) is 6.68. The summed E-state index contributed by atoms with van der Waals surface area (Å²) in [5.41, 5.74) is 10.9. The van der Waals surface area contributed by atoms with Gasteiger partial charge < -0.3 is 37.4 Å². The Bertz CT molecular complexity index is 651. The zero-order chi connectivity index (χ0) is 20.0. The quantitative estimate of drug-likeness (QED) is 0.247. The third-order valence-corrected chi connectivity index (χ3v) is 4.44. The number of carbonyl (C=O) groups is 3. The average Bonchev–Trinajstić information content (AvgIpc) is 2.99. The number of amides is 3. The van der Waals surface area contributed by atoms with E-state index in [4.69, 9.17) is 16.6 Å². The second-order valence-electron chi connectivity index (χ2n) is 5.64. The van der Waals surface area contributed by atoms with Gasteiger partial charge in [-0.2, -0.15) is 0 Å². The SMILES string of the molecule is CC(O)C(NC(=O)N[C@@H](CC(N)=O)c1nnc(C(N)C(C)O)s1)C(=O)O. The van der Waals surface area contributed by atoms with Crippen LogP contribution in [0.15, 0.2) is 0 Å². The van der Waals surface area contributed by atoms with Crippen molar-refractivity contribution in [2.24, 2.45) is 11.5 Å². The first kappa shape index (κ1) is 21.7. The normalized spacial score (nSPS) is 16.8. The third-order valence-electron chi connectivity index (χ3n) is 3.30. The molecule has 0 aliphatic rings. The highest BCUT2D eigenvalue weighted by Crippen LogP contribution is 2.25. The number of primary amides is 1. The van der Waals surface area contributed by atoms with E-state index in [2.05, 4.69) is 20.8 Å². The van der Waals surface area contributed by atoms with Crippen molar-refractivity contribution in [2.45, 2.75) is 50.6 Å². The van der Waals surface area contributed by atoms with Gasteiger partial charge in [-0.3, -0.25) is 4.79 Å². The second kappa shape index (κ2) is 9.38. The molecule has 3 amide bonds. The average molecular weight is 390 g/mol. The number of carboxylic acid groups (broad SMARTS) is 1. The summed E-state index contributed by atoms with van der Waals surface area (Å²) in [5, 5.41) is 40.4. The number of aromatic nitrogens is 2. The van der Waals surface area contributed by atoms with Gasteiger partial charge in [0.05, 0.1) is 30.7 Å². The Hall–Kier alpha value is -2.35. The maximum atomic E-state index is 12.0. The summed E-state index contributed by atoms with van der Waals surface area (Å²) in [6, 6.07) is -4.27. The number of hydrogen-bond donors (Lipinski definition) is 7. The first-order valence-electron chi connectivity index (χ1n) is 7.56. The summed E-state index contributed by atoms with van der Waals surface area (Å²) in [5.74, 6) is -2.17. The van der Waals surface area contributed by atoms with E-state index in [9.17, 15) is 24.6 Å². The lowest BCUT2D eigenvalue weighted by molar-refractivity contribution is -0.141. The van der Waals surface area contributed by atoms with Gasteiger partial charge in [-0.15, -0.1) is 10.2 Å². The molecule has 0 saturated carbocycles. The summed E-state index contributed by atoms with van der Waals surface area (Å²) in [7, 11) is 0. The molecule has 0 bridgehead atoms. The summed E-state index contributed by atoms with van der Waals surface area (Å²) in [4.78, 5) is 34.3. The first-order valence-corrected chi connectivity index (χ1v) is 8.37. The molecule has 12 nitrogen and oxygen atoms in total. The fourth-order valence-electron chi connectivity index (χ4n) is 1.86. The molecule has 0 aliphatic carbocycles. The number of nitrogens with zero attached hydrogens (tertiary/aromatic N) is 2. The third kappa shape index (κ3) is 6.18. The van der Waals surface area contributed by atoms with Crippen molar-refractivity contribution in [2.75, 3.05) is 0 Å². The molecule has 9 N–H and O–H groups in total. The van der Waals surface area contributed by atoms with Gasteiger partial charge in [-0.25, -0.2) is 9.59 Å². The summed E-state index contributed by atoms with van der Waals surface area (Å²) >= 11 is 0.970. The number of aliphatic hydroxyl groups is 2. The zero-order valence-electron chi connectivity index (χ0n) is 14.1. The molecule has 0 radical (unpaired) electrons. The Balaban J connectivity index is 2.92. The molecular weight excluding hydrogens is 368 g/mol. The highest BCUT2D eigenvalue weighted by molar-refractivity contribution is 7.11. The van der Waals surface area contributed by atoms with E-state index in [0.29, 0.717) is 5.01 Å². The van der Waals surface area contributed by atoms with Crippen LogP contribution in [-0.4, -0.2) is 61.7 Å². The van der Waals surface area contributed by atoms with Gasteiger partial charge in [0.2, 0.25) is 5.91 Å². The molecule has 13 heteroatoms. The molecule has 146 valence electrons. The topological polar surface area (TPSA) is 214 Å². The van der Waals surface area contributed by atoms with Crippen LogP contribution in [-0.2, 0) is 9.59 Å². The van der Waals surface area contributed by atoms with E-state index in [0.717, 1.165) is 11.3 Å². The van der Waals surface area contributed by atoms with Crippen LogP contribution in [0.1, 0.15) is 42.4 Å². The standard InChI is InChI=1S/C13H22N6O6S/c1-4(20)8(15)11-19-18-10(26-11)6(3-7(14)22)16-13(25)17-9(5(2)21)12(23)24/h4-6,8-9,20-21H,3,15H2,1-2H3,(H2,14,22)(H,23,24)(H2,16,17,25)/t4?,5?,6-,8?,9?/m0/s1. The molecule has 1 aromatic rings. The van der Waals surface area contributed by atoms with Gasteiger partial charge in [0.1, 0.15) is 10.0 Å². The van der Waals surface area contributed by atoms with Gasteiger partial charge >= 0.3 is 12.0 Å². The Morgan fingerprint density at radius 3 is 2.15 bits per heavy atom. The van der Waals surface area contributed by atoms with Crippen LogP contribution in [0.5, 0.6) is 0 Å². The van der Waals surface area contributed by atoms with Crippen molar-refractivity contribution in [3.8, 4) is 0 Å². The molecule has 1 aromatic heterocycles. The van der Waals surface area contributed by atoms with Gasteiger partial charge in [0.15, 0.2) is 6.04 Å². The smallest absolute Gasteiger partial charge is 0.328 e. The van der Waals surface area contributed by atoms with E-state index in [1.54, 1.807) is 0 Å². The van der Waals surface area contributed by atoms with Gasteiger partial charge in [-0.1, -0.05) is 11.3 Å². The predicted octanol–water partition coefficient (Wildman–Crippen LogP) is -2.03. The molecule has 0 fully saturated rings. The maximum absolute atomic E-state index is 12.0. The lowest BCUT2D eigenvalue weighted by atomic mass is 10.2. The number of nitrogens with two attached hydrogens (primary N) is 2. The molecular formula is C13H22N6O6S. The molecule has 1 rings (SSSR count). The molecule has 26 heavy (non-hydrogen) atoms. The fourth-order valence-corrected chi connectivity index (χ4v) is 2.85. The summed E-state index contributed by atoms with van der Waals surface area (Å²) < 4.78 is 0. The number of nitrogens with one attached hydrogen (secondary N) is 2. The number of aliphatic hydroxyl groups excluding tert-OH is 2. The monoisotopic (exact) mass is 390 g/mol. The number of aliphatic carboxylic acids is 1. The molecule has 1 heterocycles. The van der Waals surface area contributed by atoms with Crippen LogP contribution in [0.3, 0.4) is 0 Å². The highest BCUT2D eigenvalue weighted by Gasteiger charge is 2.28. The Morgan fingerprint density at radius 1 is 1.12 bits per heavy atom. The molecule has 5 atom stereocenters. The van der Waals surface area contributed by atoms with Crippen LogP contribution in [0, 0.1) is 0 Å². The van der Waals surface area contributed by atoms with Crippen molar-refractivity contribution in [3.05, 3.63) is 10.0 Å². The van der Waals surface area contributed by atoms with Crippen LogP contribution >= 0.6 is 11.3 Å². The molecule has 0 aliphatic heterocycles. The minimum absolute atomic E-state index is 0.203. The number of carboxylic acids is 1. The van der Waals surface area contributed by atoms with Gasteiger partial charge in [0, 0.05) is 0 Å². The maximum Gasteiger partial charge on any atom is 0.328 e. The Morgan fingerprint density at radius 2 is 1.69 bits per heavy atom. The first-order chi connectivity index (χ1) is 12.0. The van der Waals surface area contributed by atoms with Gasteiger partial charge in [-0.05, 0) is 13.8 Å². The largest absolute Gasteiger partial charge is 0.480 e. The molecule has 0 spiro atoms. The molecule has 4 unspecified atom stereocenters. The predicted molar refractivity (Wildman–Crippen MR) is 89.8 cm³/mol. The number of rotatable bonds is 9. The lowest BCUT2D eigenvalue weighted by Crippen LogP contribution is -2.51. The van der Waals surface area contributed by atoms with E-state index in [-0.39, 0.29) is 11.4 Å². The van der Waals surface area contributed by atoms with Gasteiger partial charge in [0.25, 0.3) is 0 Å². The van der Waals surface area contributed by atoms with Crippen molar-refractivity contribution in [1.82, 2.24) is 20.8 Å². The van der Waals surface area contributed by atoms with E-state index < -0.39 is 48.2 Å². The van der Waals surface area contributed by atoms with Crippen molar-refractivity contribution in [1.29, 1.82) is 0 Å². The van der Waals surface area contributed by atoms with Crippen LogP contribution in [0.2, 0.25) is 0 Å². The van der Waals surface area contributed by atoms with E-state index >= 15 is 0 Å². The lowest BCUT2D eigenvalue weighted by Gasteiger charge is -2.20. The van der Waals surface area contributed by atoms with Crippen LogP contribution < -0.4 is 22.1 Å². The summed E-state index contributed by atoms with van der Waals surface area (Å²) in [6.45, 7) is 2.68. The zero-order valence-corrected chi connectivity index (χ0v) is 14.9. The Kier molecular flexibility index (Phi) is 7.82. The van der Waals surface area contributed by atoms with Crippen molar-refractivity contribution in [3.63, 3.8) is 0 Å². The minimum atomic E-state index is -1.54. The minimum Gasteiger partial charge on any atom is -0.480 e. The van der Waals surface area contributed by atoms with Crippen molar-refractivity contribution >= 4 is 29.2 Å².